The molecule has 1 aliphatic rings. The Morgan fingerprint density at radius 1 is 1.06 bits per heavy atom. The van der Waals surface area contributed by atoms with E-state index in [0.717, 1.165) is 38.2 Å². The third-order valence-electron chi connectivity index (χ3n) is 5.35. The standard InChI is InChI=1S/C22H28FN5O3/c1-3-29-16(2)22-25-21(31-26-22)15-28-10-4-9-27(11-12-28)14-20-24-13-19(30-20)17-5-7-18(23)8-6-17/h5-8,13,16H,3-4,9-12,14-15H2,1-2H3/t16-/m0/s1. The molecule has 0 unspecified atom stereocenters. The summed E-state index contributed by atoms with van der Waals surface area (Å²) >= 11 is 0. The van der Waals surface area contributed by atoms with Gasteiger partial charge in [0.1, 0.15) is 11.9 Å². The van der Waals surface area contributed by atoms with Crippen molar-refractivity contribution in [3.63, 3.8) is 0 Å². The van der Waals surface area contributed by atoms with Crippen molar-refractivity contribution in [1.82, 2.24) is 24.9 Å². The topological polar surface area (TPSA) is 80.7 Å². The lowest BCUT2D eigenvalue weighted by Gasteiger charge is -2.19. The molecule has 1 saturated heterocycles. The minimum atomic E-state index is -0.266. The Kier molecular flexibility index (Phi) is 7.06. The van der Waals surface area contributed by atoms with Gasteiger partial charge in [0.2, 0.25) is 11.8 Å². The predicted octanol–water partition coefficient (Wildman–Crippen LogP) is 3.67. The maximum atomic E-state index is 13.1. The van der Waals surface area contributed by atoms with Gasteiger partial charge in [-0.1, -0.05) is 5.16 Å². The lowest BCUT2D eigenvalue weighted by molar-refractivity contribution is 0.0683. The molecule has 0 N–H and O–H groups in total. The first-order valence-electron chi connectivity index (χ1n) is 10.7. The SMILES string of the molecule is CCO[C@@H](C)c1noc(CN2CCCN(Cc3ncc(-c4ccc(F)cc4)o3)CC2)n1. The number of nitrogens with zero attached hydrogens (tertiary/aromatic N) is 5. The molecule has 2 aromatic heterocycles. The van der Waals surface area contributed by atoms with Gasteiger partial charge in [-0.05, 0) is 57.6 Å². The maximum Gasteiger partial charge on any atom is 0.240 e. The minimum absolute atomic E-state index is 0.164. The van der Waals surface area contributed by atoms with Crippen LogP contribution in [0.1, 0.15) is 44.0 Å². The molecule has 9 heteroatoms. The Labute approximate surface area is 181 Å². The highest BCUT2D eigenvalue weighted by molar-refractivity contribution is 5.55. The second-order valence-electron chi connectivity index (χ2n) is 7.67. The van der Waals surface area contributed by atoms with E-state index in [1.165, 1.54) is 12.1 Å². The van der Waals surface area contributed by atoms with Gasteiger partial charge in [-0.2, -0.15) is 4.98 Å². The van der Waals surface area contributed by atoms with E-state index in [1.54, 1.807) is 18.3 Å². The quantitative estimate of drug-likeness (QED) is 0.537. The highest BCUT2D eigenvalue weighted by Crippen LogP contribution is 2.22. The number of aromatic nitrogens is 3. The number of ether oxygens (including phenoxy) is 1. The fourth-order valence-corrected chi connectivity index (χ4v) is 3.68. The van der Waals surface area contributed by atoms with E-state index in [4.69, 9.17) is 13.7 Å². The van der Waals surface area contributed by atoms with Crippen LogP contribution in [0.15, 0.2) is 39.4 Å². The average molecular weight is 429 g/mol. The molecule has 1 aliphatic heterocycles. The van der Waals surface area contributed by atoms with Gasteiger partial charge < -0.3 is 13.7 Å². The molecule has 1 atom stereocenters. The number of halogens is 1. The molecule has 31 heavy (non-hydrogen) atoms. The normalized spacial score (nSPS) is 17.0. The largest absolute Gasteiger partial charge is 0.439 e. The molecule has 0 amide bonds. The van der Waals surface area contributed by atoms with Gasteiger partial charge in [-0.3, -0.25) is 9.80 Å². The van der Waals surface area contributed by atoms with E-state index in [9.17, 15) is 4.39 Å². The van der Waals surface area contributed by atoms with Gasteiger partial charge in [-0.25, -0.2) is 9.37 Å². The van der Waals surface area contributed by atoms with Crippen LogP contribution in [0, 0.1) is 5.82 Å². The lowest BCUT2D eigenvalue weighted by Crippen LogP contribution is -2.30. The highest BCUT2D eigenvalue weighted by Gasteiger charge is 2.20. The Morgan fingerprint density at radius 3 is 2.48 bits per heavy atom. The molecule has 8 nitrogen and oxygen atoms in total. The van der Waals surface area contributed by atoms with Crippen LogP contribution in [0.4, 0.5) is 4.39 Å². The Balaban J connectivity index is 1.29. The van der Waals surface area contributed by atoms with Crippen molar-refractivity contribution in [1.29, 1.82) is 0 Å². The van der Waals surface area contributed by atoms with Crippen LogP contribution >= 0.6 is 0 Å². The summed E-state index contributed by atoms with van der Waals surface area (Å²) < 4.78 is 29.9. The van der Waals surface area contributed by atoms with Gasteiger partial charge in [0.05, 0.1) is 19.3 Å². The van der Waals surface area contributed by atoms with E-state index in [2.05, 4.69) is 24.9 Å². The van der Waals surface area contributed by atoms with Crippen LogP contribution < -0.4 is 0 Å². The van der Waals surface area contributed by atoms with E-state index < -0.39 is 0 Å². The fourth-order valence-electron chi connectivity index (χ4n) is 3.68. The van der Waals surface area contributed by atoms with Crippen LogP contribution in [0.3, 0.4) is 0 Å². The molecular weight excluding hydrogens is 401 g/mol. The zero-order valence-electron chi connectivity index (χ0n) is 18.0. The summed E-state index contributed by atoms with van der Waals surface area (Å²) in [6.07, 6.45) is 2.56. The zero-order chi connectivity index (χ0) is 21.6. The Morgan fingerprint density at radius 2 is 1.77 bits per heavy atom. The summed E-state index contributed by atoms with van der Waals surface area (Å²) in [5.74, 6) is 2.26. The van der Waals surface area contributed by atoms with Gasteiger partial charge in [-0.15, -0.1) is 0 Å². The number of benzene rings is 1. The summed E-state index contributed by atoms with van der Waals surface area (Å²) in [5.41, 5.74) is 0.819. The minimum Gasteiger partial charge on any atom is -0.439 e. The summed E-state index contributed by atoms with van der Waals surface area (Å²) in [6, 6.07) is 6.23. The average Bonchev–Trinajstić information content (AvgIpc) is 3.36. The van der Waals surface area contributed by atoms with Crippen LogP contribution in [-0.4, -0.2) is 57.7 Å². The number of oxazole rings is 1. The van der Waals surface area contributed by atoms with Crippen LogP contribution in [-0.2, 0) is 17.8 Å². The van der Waals surface area contributed by atoms with Crippen LogP contribution in [0.5, 0.6) is 0 Å². The molecule has 0 spiro atoms. The second-order valence-corrected chi connectivity index (χ2v) is 7.67. The first-order valence-corrected chi connectivity index (χ1v) is 10.7. The molecule has 4 rings (SSSR count). The molecule has 0 aliphatic carbocycles. The van der Waals surface area contributed by atoms with Crippen molar-refractivity contribution in [2.45, 2.75) is 39.5 Å². The Hall–Kier alpha value is -2.62. The van der Waals surface area contributed by atoms with Crippen molar-refractivity contribution >= 4 is 0 Å². The molecule has 1 aromatic carbocycles. The van der Waals surface area contributed by atoms with Crippen molar-refractivity contribution in [3.8, 4) is 11.3 Å². The number of rotatable bonds is 8. The maximum absolute atomic E-state index is 13.1. The van der Waals surface area contributed by atoms with E-state index >= 15 is 0 Å². The second kappa shape index (κ2) is 10.1. The van der Waals surface area contributed by atoms with Crippen LogP contribution in [0.2, 0.25) is 0 Å². The molecule has 0 radical (unpaired) electrons. The third-order valence-corrected chi connectivity index (χ3v) is 5.35. The number of hydrogen-bond donors (Lipinski definition) is 0. The van der Waals surface area contributed by atoms with Crippen molar-refractivity contribution in [2.24, 2.45) is 0 Å². The first-order chi connectivity index (χ1) is 15.1. The summed E-state index contributed by atoms with van der Waals surface area (Å²) in [5, 5.41) is 4.04. The van der Waals surface area contributed by atoms with Gasteiger partial charge in [0.15, 0.2) is 11.6 Å². The lowest BCUT2D eigenvalue weighted by atomic mass is 10.2. The monoisotopic (exact) mass is 429 g/mol. The first kappa shape index (κ1) is 21.6. The molecule has 166 valence electrons. The predicted molar refractivity (Wildman–Crippen MR) is 111 cm³/mol. The zero-order valence-corrected chi connectivity index (χ0v) is 18.0. The molecule has 3 aromatic rings. The van der Waals surface area contributed by atoms with Gasteiger partial charge in [0.25, 0.3) is 0 Å². The van der Waals surface area contributed by atoms with E-state index in [-0.39, 0.29) is 11.9 Å². The number of hydrogen-bond acceptors (Lipinski definition) is 8. The fraction of sp³-hybridized carbons (Fsp3) is 0.500. The van der Waals surface area contributed by atoms with Crippen molar-refractivity contribution in [3.05, 3.63) is 53.9 Å². The molecule has 3 heterocycles. The van der Waals surface area contributed by atoms with Gasteiger partial charge in [0, 0.05) is 25.3 Å². The summed E-state index contributed by atoms with van der Waals surface area (Å²) in [6.45, 7) is 9.47. The van der Waals surface area contributed by atoms with Crippen molar-refractivity contribution < 1.29 is 18.1 Å². The molecular formula is C22H28FN5O3. The summed E-state index contributed by atoms with van der Waals surface area (Å²) in [4.78, 5) is 13.5. The molecule has 0 bridgehead atoms. The Bertz CT molecular complexity index is 958. The summed E-state index contributed by atoms with van der Waals surface area (Å²) in [7, 11) is 0. The van der Waals surface area contributed by atoms with Crippen LogP contribution in [0.25, 0.3) is 11.3 Å². The van der Waals surface area contributed by atoms with E-state index in [0.29, 0.717) is 43.1 Å². The highest BCUT2D eigenvalue weighted by atomic mass is 19.1. The van der Waals surface area contributed by atoms with Gasteiger partial charge >= 0.3 is 0 Å². The third kappa shape index (κ3) is 5.75. The van der Waals surface area contributed by atoms with Crippen molar-refractivity contribution in [2.75, 3.05) is 32.8 Å². The molecule has 1 fully saturated rings. The smallest absolute Gasteiger partial charge is 0.240 e. The van der Waals surface area contributed by atoms with E-state index in [1.807, 2.05) is 13.8 Å². The molecule has 0 saturated carbocycles.